The van der Waals surface area contributed by atoms with Crippen LogP contribution >= 0.6 is 58.3 Å². The van der Waals surface area contributed by atoms with Crippen molar-refractivity contribution in [3.8, 4) is 22.3 Å². The second-order valence-corrected chi connectivity index (χ2v) is 19.6. The summed E-state index contributed by atoms with van der Waals surface area (Å²) >= 11 is 15.8. The van der Waals surface area contributed by atoms with E-state index in [9.17, 15) is 28.5 Å². The average Bonchev–Trinajstić information content (AvgIpc) is 3.98. The molecule has 4 aromatic heterocycles. The van der Waals surface area contributed by atoms with Crippen molar-refractivity contribution in [1.82, 2.24) is 25.3 Å². The van der Waals surface area contributed by atoms with Gasteiger partial charge in [-0.15, -0.1) is 35.1 Å². The van der Waals surface area contributed by atoms with Gasteiger partial charge in [0.1, 0.15) is 17.9 Å². The van der Waals surface area contributed by atoms with Crippen LogP contribution in [0.2, 0.25) is 10.0 Å². The topological polar surface area (TPSA) is 251 Å². The Morgan fingerprint density at radius 1 is 0.792 bits per heavy atom. The minimum atomic E-state index is -2.06. The molecule has 29 heteroatoms. The molecule has 0 amide bonds. The number of rotatable bonds is 16. The van der Waals surface area contributed by atoms with Gasteiger partial charge in [-0.1, -0.05) is 59.6 Å². The van der Waals surface area contributed by atoms with Crippen LogP contribution in [0.3, 0.4) is 0 Å². The summed E-state index contributed by atoms with van der Waals surface area (Å²) in [5, 5.41) is 47.1. The van der Waals surface area contributed by atoms with Gasteiger partial charge in [-0.2, -0.15) is 4.39 Å². The van der Waals surface area contributed by atoms with E-state index in [0.29, 0.717) is 22.9 Å². The largest absolute Gasteiger partial charge is 0.480 e. The molecule has 2 aliphatic rings. The zero-order valence-electron chi connectivity index (χ0n) is 41.5. The number of nitrogens with one attached hydrogen (secondary N) is 1. The number of nitrogens with zero attached hydrogens (tertiary/aromatic N) is 5. The third kappa shape index (κ3) is 18.5. The van der Waals surface area contributed by atoms with E-state index >= 15 is 0 Å². The van der Waals surface area contributed by atoms with Crippen LogP contribution in [0.1, 0.15) is 45.1 Å². The number of aromatic nitrogens is 4. The normalized spacial score (nSPS) is 13.9. The van der Waals surface area contributed by atoms with Gasteiger partial charge in [0.2, 0.25) is 5.95 Å². The minimum Gasteiger partial charge on any atom is -0.480 e. The van der Waals surface area contributed by atoms with Gasteiger partial charge in [0, 0.05) is 79.6 Å². The summed E-state index contributed by atoms with van der Waals surface area (Å²) in [7, 11) is 3.65. The molecule has 0 unspecified atom stereocenters. The van der Waals surface area contributed by atoms with Gasteiger partial charge in [0.25, 0.3) is 0 Å². The molecule has 19 nitrogen and oxygen atoms in total. The van der Waals surface area contributed by atoms with Gasteiger partial charge < -0.3 is 20.4 Å². The number of anilines is 1. The Hall–Kier alpha value is -5.13. The summed E-state index contributed by atoms with van der Waals surface area (Å²) in [6.45, 7) is 3.56. The second kappa shape index (κ2) is 31.5. The van der Waals surface area contributed by atoms with Crippen molar-refractivity contribution in [3.05, 3.63) is 158 Å². The van der Waals surface area contributed by atoms with Crippen molar-refractivity contribution in [2.75, 3.05) is 18.0 Å². The Morgan fingerprint density at radius 3 is 1.71 bits per heavy atom. The SMILES string of the molecule is Cc1nc2c(-c3cccc(Cl)c3)cc(Cc3ccc(F)nc3)cc2s1.Cc1nc2c(-c3cccc(Cl)c3)cc(Cc3ccc(N4CC[C@@H]4C(=O)O)nc3)cc2s1.Cl.O=B[B-](=O)OOOOOOO.O=C(O)[C@H]1CCN1.[2H][B].[U]. The van der Waals surface area contributed by atoms with E-state index < -0.39 is 30.6 Å². The summed E-state index contributed by atoms with van der Waals surface area (Å²) in [6.07, 6.45) is 6.29. The smallest absolute Gasteiger partial charge is 0.320 e. The Morgan fingerprint density at radius 2 is 1.32 bits per heavy atom. The van der Waals surface area contributed by atoms with Gasteiger partial charge in [0.05, 0.1) is 30.4 Å². The summed E-state index contributed by atoms with van der Waals surface area (Å²) in [6, 6.07) is 30.7. The van der Waals surface area contributed by atoms with Crippen LogP contribution in [-0.4, -0.2) is 95.9 Å². The molecule has 77 heavy (non-hydrogen) atoms. The number of carboxylic acid groups (broad SMARTS) is 2. The van der Waals surface area contributed by atoms with Gasteiger partial charge in [0.15, 0.2) is 0 Å². The molecule has 2 radical (unpaired) electrons. The van der Waals surface area contributed by atoms with Crippen molar-refractivity contribution in [3.63, 3.8) is 0 Å². The van der Waals surface area contributed by atoms with Crippen molar-refractivity contribution >= 4 is 119 Å². The number of aryl methyl sites for hydroxylation is 2. The third-order valence-electron chi connectivity index (χ3n) is 11.1. The van der Waals surface area contributed by atoms with Crippen LogP contribution < -0.4 is 10.2 Å². The number of carbonyl (C=O) groups is 2. The molecular formula is C48H44B3Cl3FN6O13S2U-. The Labute approximate surface area is 491 Å². The third-order valence-corrected chi connectivity index (χ3v) is 13.4. The number of hydrogen-bond donors (Lipinski definition) is 4. The molecule has 6 heterocycles. The number of hydrogen-bond acceptors (Lipinski definition) is 19. The zero-order valence-corrected chi connectivity index (χ0v) is 48.7. The molecule has 0 spiro atoms. The number of benzene rings is 4. The van der Waals surface area contributed by atoms with Crippen molar-refractivity contribution in [2.24, 2.45) is 0 Å². The van der Waals surface area contributed by atoms with Crippen molar-refractivity contribution in [2.45, 2.75) is 51.6 Å². The fraction of sp³-hybridized carbons (Fsp3) is 0.208. The summed E-state index contributed by atoms with van der Waals surface area (Å²) in [5.74, 6) is -1.27. The molecule has 8 aromatic rings. The monoisotopic (exact) mass is 1370 g/mol. The van der Waals surface area contributed by atoms with Gasteiger partial charge >= 0.3 is 70.3 Å². The van der Waals surface area contributed by atoms with E-state index in [4.69, 9.17) is 44.9 Å². The predicted octanol–water partition coefficient (Wildman–Crippen LogP) is 9.43. The second-order valence-electron chi connectivity index (χ2n) is 16.3. The fourth-order valence-electron chi connectivity index (χ4n) is 7.55. The standard InChI is InChI=1S/C24H20ClN3O2S.C20H14ClFN2S.C4H7NO2.B2HO9.BH.ClH.U/c1-14-27-23-19(17-3-2-4-18(25)12-17)10-16(11-21(23)31-14)9-15-5-6-22(26-13-15)28-8-7-20(28)24(29)30;1-12-24-20-17(15-3-2-4-16(21)10-15)8-14(9-18(20)25-12)7-13-5-6-19(22)23-11-13;6-4(7)3-1-2-5-3;3-1-2(4)6-8-10-11-9-7-5;;;/h2-6,10-13,20H,7-9H2,1H3,(H,29,30);2-6,8-11H,7H2,1H3;3,5H,1-2H2,(H,6,7);5H;2*1H;/q;;;-1;;;/t20-;;3-;;;;/m1.1..../s1/i;;;;1D;;. The first-order valence-corrected chi connectivity index (χ1v) is 24.6. The van der Waals surface area contributed by atoms with E-state index in [0.717, 1.165) is 101 Å². The predicted molar refractivity (Wildman–Crippen MR) is 287 cm³/mol. The zero-order chi connectivity index (χ0) is 54.7. The average molecular weight is 1370 g/mol. The number of carboxylic acids is 2. The van der Waals surface area contributed by atoms with Crippen LogP contribution in [0.5, 0.6) is 0 Å². The van der Waals surface area contributed by atoms with E-state index in [1.165, 1.54) is 11.6 Å². The van der Waals surface area contributed by atoms with Crippen LogP contribution in [0.25, 0.3) is 42.7 Å². The van der Waals surface area contributed by atoms with Crippen LogP contribution in [0.15, 0.2) is 109 Å². The molecule has 0 bridgehead atoms. The number of aliphatic carboxylic acids is 2. The molecule has 4 N–H and O–H groups in total. The molecule has 10 rings (SSSR count). The summed E-state index contributed by atoms with van der Waals surface area (Å²) < 4.78 is 40.0. The maximum atomic E-state index is 13.0. The first-order chi connectivity index (χ1) is 36.7. The molecule has 0 aliphatic carbocycles. The Balaban J connectivity index is 0.000000249. The van der Waals surface area contributed by atoms with Crippen LogP contribution in [-0.2, 0) is 61.8 Å². The number of halogens is 4. The summed E-state index contributed by atoms with van der Waals surface area (Å²) in [5.41, 5.74) is 10.6. The Kier molecular flexibility index (Phi) is 25.6. The maximum Gasteiger partial charge on any atom is 0.320 e. The van der Waals surface area contributed by atoms with Crippen LogP contribution in [0.4, 0.5) is 10.2 Å². The number of fused-ring (bicyclic) bond motifs is 2. The maximum absolute atomic E-state index is 13.0. The molecule has 4 aromatic carbocycles. The van der Waals surface area contributed by atoms with Gasteiger partial charge in [-0.05, 0) is 141 Å². The molecular weight excluding hydrogens is 1330 g/mol. The van der Waals surface area contributed by atoms with Gasteiger partial charge in [-0.3, -0.25) is 4.79 Å². The van der Waals surface area contributed by atoms with E-state index in [1.807, 2.05) is 79.5 Å². The number of thiazole rings is 2. The minimum absolute atomic E-state index is 0. The molecule has 0 saturated carbocycles. The van der Waals surface area contributed by atoms with Gasteiger partial charge in [-0.25, -0.2) is 24.7 Å². The van der Waals surface area contributed by atoms with Crippen molar-refractivity contribution < 1.29 is 100.0 Å². The van der Waals surface area contributed by atoms with E-state index in [1.54, 1.807) is 34.9 Å². The Bertz CT molecular complexity index is 3280. The molecule has 2 atom stereocenters. The number of pyridine rings is 2. The quantitative estimate of drug-likeness (QED) is 0.0231. The first kappa shape index (κ1) is 62.7. The molecule has 398 valence electrons. The summed E-state index contributed by atoms with van der Waals surface area (Å²) in [4.78, 5) is 44.3. The van der Waals surface area contributed by atoms with E-state index in [-0.39, 0.29) is 56.6 Å². The van der Waals surface area contributed by atoms with E-state index in [2.05, 4.69) is 84.0 Å². The fourth-order valence-corrected chi connectivity index (χ4v) is 9.77. The van der Waals surface area contributed by atoms with Crippen LogP contribution in [0, 0.1) is 50.9 Å². The van der Waals surface area contributed by atoms with Crippen molar-refractivity contribution in [1.29, 1.82) is 1.34 Å². The molecule has 2 fully saturated rings. The molecule has 2 saturated heterocycles. The first-order valence-electron chi connectivity index (χ1n) is 22.8. The molecule has 2 aliphatic heterocycles.